The van der Waals surface area contributed by atoms with E-state index in [4.69, 9.17) is 0 Å². The molecule has 7 heteroatoms. The van der Waals surface area contributed by atoms with Gasteiger partial charge in [0.05, 0.1) is 0 Å². The van der Waals surface area contributed by atoms with Crippen LogP contribution in [0.1, 0.15) is 0 Å². The monoisotopic (exact) mass is 712 g/mol. The summed E-state index contributed by atoms with van der Waals surface area (Å²) in [4.78, 5) is 0. The topological polar surface area (TPSA) is 85.5 Å². The van der Waals surface area contributed by atoms with E-state index in [9.17, 15) is 0 Å². The number of hydrogen-bond acceptors (Lipinski definition) is 0. The molecule has 0 saturated carbocycles. The van der Waals surface area contributed by atoms with Gasteiger partial charge in [0.1, 0.15) is 0 Å². The third-order valence-electron chi connectivity index (χ3n) is 0. The van der Waals surface area contributed by atoms with Gasteiger partial charge < -0.3 is 16.4 Å². The summed E-state index contributed by atoms with van der Waals surface area (Å²) in [5.74, 6) is 0. The van der Waals surface area contributed by atoms with Gasteiger partial charge in [-0.1, -0.05) is 0 Å². The van der Waals surface area contributed by atoms with Gasteiger partial charge >= 0.3 is 79.9 Å². The van der Waals surface area contributed by atoms with Crippen molar-refractivity contribution in [3.05, 3.63) is 0 Å². The molecule has 0 amide bonds. The van der Waals surface area contributed by atoms with Crippen molar-refractivity contribution in [1.29, 1.82) is 0 Å². The molecule has 0 saturated heterocycles. The largest absolute Gasteiger partial charge is 3.00 e. The summed E-state index contributed by atoms with van der Waals surface area (Å²) in [5.41, 5.74) is 0. The molecule has 0 unspecified atom stereocenters. The maximum absolute atomic E-state index is 0. The first kappa shape index (κ1) is 54.2. The van der Waals surface area contributed by atoms with E-state index >= 15 is 0 Å². The molecule has 0 atom stereocenters. The van der Waals surface area contributed by atoms with Crippen LogP contribution in [0.25, 0.3) is 0 Å². The Hall–Kier alpha value is 5.57. The molecule has 0 fully saturated rings. The van der Waals surface area contributed by atoms with Gasteiger partial charge in [0, 0.05) is 93.8 Å². The molecule has 0 aromatic heterocycles. The summed E-state index contributed by atoms with van der Waals surface area (Å²) >= 11 is 0. The molecular formula is Gd2O3Yb2. The van der Waals surface area contributed by atoms with Crippen LogP contribution >= 0.6 is 0 Å². The van der Waals surface area contributed by atoms with Crippen LogP contribution in [0, 0.1) is 174 Å². The van der Waals surface area contributed by atoms with Crippen molar-refractivity contribution in [1.82, 2.24) is 0 Å². The molecule has 62 valence electrons. The summed E-state index contributed by atoms with van der Waals surface area (Å²) in [5, 5.41) is 0. The molecule has 0 aliphatic carbocycles. The van der Waals surface area contributed by atoms with Crippen molar-refractivity contribution >= 4 is 0 Å². The van der Waals surface area contributed by atoms with Gasteiger partial charge in [0.25, 0.3) is 0 Å². The van der Waals surface area contributed by atoms with Gasteiger partial charge in [-0.3, -0.25) is 0 Å². The van der Waals surface area contributed by atoms with Gasteiger partial charge in [-0.05, 0) is 0 Å². The molecule has 0 N–H and O–H groups in total. The van der Waals surface area contributed by atoms with Crippen LogP contribution in [-0.4, -0.2) is 0 Å². The van der Waals surface area contributed by atoms with Gasteiger partial charge in [0.15, 0.2) is 0 Å². The minimum atomic E-state index is 0. The summed E-state index contributed by atoms with van der Waals surface area (Å²) in [7, 11) is 0. The Morgan fingerprint density at radius 1 is 0.429 bits per heavy atom. The minimum absolute atomic E-state index is 0. The first-order chi connectivity index (χ1) is 0. The van der Waals surface area contributed by atoms with E-state index in [1.165, 1.54) is 0 Å². The van der Waals surface area contributed by atoms with Crippen LogP contribution in [0.3, 0.4) is 0 Å². The first-order valence-electron chi connectivity index (χ1n) is 0. The zero-order valence-corrected chi connectivity index (χ0v) is 10.4. The van der Waals surface area contributed by atoms with Crippen LogP contribution in [0.4, 0.5) is 0 Å². The van der Waals surface area contributed by atoms with E-state index in [0.29, 0.717) is 0 Å². The predicted molar refractivity (Wildman–Crippen MR) is 2.06 cm³/mol. The fourth-order valence-electron chi connectivity index (χ4n) is 0. The van der Waals surface area contributed by atoms with E-state index in [1.807, 2.05) is 0 Å². The van der Waals surface area contributed by atoms with Crippen LogP contribution in [0.5, 0.6) is 0 Å². The summed E-state index contributed by atoms with van der Waals surface area (Å²) in [6, 6.07) is 0. The van der Waals surface area contributed by atoms with Gasteiger partial charge in [-0.25, -0.2) is 0 Å². The molecule has 0 rings (SSSR count). The molecule has 0 bridgehead atoms. The molecule has 0 aliphatic heterocycles. The number of hydrogen-bond donors (Lipinski definition) is 0. The van der Waals surface area contributed by atoms with Crippen molar-refractivity contribution in [2.24, 2.45) is 0 Å². The van der Waals surface area contributed by atoms with Crippen LogP contribution in [0.2, 0.25) is 0 Å². The van der Waals surface area contributed by atoms with E-state index in [2.05, 4.69) is 0 Å². The standard InChI is InChI=1S/2Gd.3O.2Yb/q2*+3;3*-2;;. The molecule has 0 aromatic carbocycles. The first-order valence-corrected chi connectivity index (χ1v) is 0. The van der Waals surface area contributed by atoms with Crippen molar-refractivity contribution in [2.45, 2.75) is 0 Å². The normalized spacial score (nSPS) is 0. The molecule has 0 aliphatic rings. The van der Waals surface area contributed by atoms with Gasteiger partial charge in [-0.2, -0.15) is 0 Å². The molecule has 3 nitrogen and oxygen atoms in total. The fourth-order valence-corrected chi connectivity index (χ4v) is 0. The summed E-state index contributed by atoms with van der Waals surface area (Å²) < 4.78 is 0. The molecule has 0 heterocycles. The van der Waals surface area contributed by atoms with E-state index in [0.717, 1.165) is 0 Å². The van der Waals surface area contributed by atoms with Crippen molar-refractivity contribution < 1.29 is 190 Å². The van der Waals surface area contributed by atoms with Crippen LogP contribution in [-0.2, 0) is 16.4 Å². The Morgan fingerprint density at radius 2 is 0.429 bits per heavy atom. The summed E-state index contributed by atoms with van der Waals surface area (Å²) in [6.45, 7) is 0. The molecular weight excluding hydrogens is 709 g/mol. The average Bonchev–Trinajstić information content (AvgIpc) is 0. The van der Waals surface area contributed by atoms with E-state index < -0.39 is 0 Å². The Bertz CT molecular complexity index is 10.9. The second-order valence-electron chi connectivity index (χ2n) is 0. The molecule has 2 radical (unpaired) electrons. The maximum Gasteiger partial charge on any atom is 3.00 e. The average molecular weight is 709 g/mol. The third kappa shape index (κ3) is 34.2. The maximum atomic E-state index is 0. The molecule has 0 spiro atoms. The summed E-state index contributed by atoms with van der Waals surface area (Å²) in [6.07, 6.45) is 0. The number of rotatable bonds is 0. The zero-order valence-electron chi connectivity index (χ0n) is 2.47. The van der Waals surface area contributed by atoms with Gasteiger partial charge in [0.2, 0.25) is 0 Å². The Balaban J connectivity index is 0. The van der Waals surface area contributed by atoms with Crippen molar-refractivity contribution in [3.63, 3.8) is 0 Å². The Morgan fingerprint density at radius 3 is 0.429 bits per heavy atom. The minimum Gasteiger partial charge on any atom is -2.00 e. The quantitative estimate of drug-likeness (QED) is 0.330. The third-order valence-corrected chi connectivity index (χ3v) is 0. The van der Waals surface area contributed by atoms with Crippen LogP contribution < -0.4 is 0 Å². The zero-order chi connectivity index (χ0) is 0. The Kier molecular flexibility index (Phi) is 323. The van der Waals surface area contributed by atoms with Gasteiger partial charge in [-0.15, -0.1) is 0 Å². The molecule has 0 aromatic rings. The second kappa shape index (κ2) is 41.7. The SMILES string of the molecule is [Gd+3].[Gd+3].[O-2].[O-2].[O-2].[Yb].[Yb]. The smallest absolute Gasteiger partial charge is 2.00 e. The van der Waals surface area contributed by atoms with Crippen LogP contribution in [0.15, 0.2) is 0 Å². The fraction of sp³-hybridized carbons (Fsp3) is 0. The Labute approximate surface area is 184 Å². The second-order valence-corrected chi connectivity index (χ2v) is 0. The van der Waals surface area contributed by atoms with E-state index in [-0.39, 0.29) is 190 Å². The van der Waals surface area contributed by atoms with Crippen molar-refractivity contribution in [2.75, 3.05) is 0 Å². The molecule has 7 heavy (non-hydrogen) atoms. The van der Waals surface area contributed by atoms with Crippen molar-refractivity contribution in [3.8, 4) is 0 Å². The predicted octanol–water partition coefficient (Wildman–Crippen LogP) is -0.356. The van der Waals surface area contributed by atoms with E-state index in [1.54, 1.807) is 0 Å².